The van der Waals surface area contributed by atoms with Crippen LogP contribution in [0.3, 0.4) is 0 Å². The molecule has 0 unspecified atom stereocenters. The second-order valence-electron chi connectivity index (χ2n) is 5.63. The molecule has 1 aromatic rings. The van der Waals surface area contributed by atoms with Crippen LogP contribution in [0.25, 0.3) is 0 Å². The summed E-state index contributed by atoms with van der Waals surface area (Å²) in [6.07, 6.45) is 0.730. The fourth-order valence-corrected chi connectivity index (χ4v) is 4.16. The van der Waals surface area contributed by atoms with Gasteiger partial charge in [-0.3, -0.25) is 0 Å². The van der Waals surface area contributed by atoms with Gasteiger partial charge in [0.2, 0.25) is 10.0 Å². The number of rotatable bonds is 3. The lowest BCUT2D eigenvalue weighted by Crippen LogP contribution is -2.45. The number of carboxylic acid groups (broad SMARTS) is 1. The molecule has 0 radical (unpaired) electrons. The van der Waals surface area contributed by atoms with Crippen LogP contribution in [0.2, 0.25) is 0 Å². The summed E-state index contributed by atoms with van der Waals surface area (Å²) >= 11 is 0. The van der Waals surface area contributed by atoms with Crippen molar-refractivity contribution in [2.75, 3.05) is 13.1 Å². The van der Waals surface area contributed by atoms with Gasteiger partial charge >= 0.3 is 5.97 Å². The minimum absolute atomic E-state index is 0.0138. The topological polar surface area (TPSA) is 94.9 Å². The van der Waals surface area contributed by atoms with Crippen LogP contribution in [0.4, 0.5) is 0 Å². The van der Waals surface area contributed by atoms with Gasteiger partial charge in [-0.25, -0.2) is 13.2 Å². The van der Waals surface area contributed by atoms with Gasteiger partial charge in [-0.05, 0) is 44.4 Å². The molecular formula is C14H19NO5S. The van der Waals surface area contributed by atoms with Gasteiger partial charge in [0.05, 0.1) is 16.1 Å². The van der Waals surface area contributed by atoms with Crippen LogP contribution in [0.5, 0.6) is 0 Å². The Balaban J connectivity index is 2.37. The first kappa shape index (κ1) is 15.9. The van der Waals surface area contributed by atoms with Crippen LogP contribution < -0.4 is 0 Å². The highest BCUT2D eigenvalue weighted by atomic mass is 32.2. The van der Waals surface area contributed by atoms with Gasteiger partial charge in [-0.1, -0.05) is 6.07 Å². The SMILES string of the molecule is Cc1c(C(=O)O)cccc1S(=O)(=O)N1CCC(C)(O)CC1. The lowest BCUT2D eigenvalue weighted by molar-refractivity contribution is 0.0126. The van der Waals surface area contributed by atoms with Gasteiger partial charge in [0.15, 0.2) is 0 Å². The first-order valence-electron chi connectivity index (χ1n) is 6.70. The molecule has 7 heteroatoms. The molecule has 0 amide bonds. The van der Waals surface area contributed by atoms with Crippen molar-refractivity contribution in [2.45, 2.75) is 37.2 Å². The van der Waals surface area contributed by atoms with Crippen LogP contribution in [0.1, 0.15) is 35.7 Å². The summed E-state index contributed by atoms with van der Waals surface area (Å²) < 4.78 is 26.6. The zero-order valence-electron chi connectivity index (χ0n) is 12.0. The average Bonchev–Trinajstić information content (AvgIpc) is 2.37. The van der Waals surface area contributed by atoms with E-state index in [1.807, 2.05) is 0 Å². The zero-order chi connectivity index (χ0) is 15.8. The Morgan fingerprint density at radius 3 is 2.38 bits per heavy atom. The molecule has 0 aromatic heterocycles. The van der Waals surface area contributed by atoms with E-state index in [0.29, 0.717) is 12.8 Å². The van der Waals surface area contributed by atoms with Crippen molar-refractivity contribution in [3.8, 4) is 0 Å². The first-order valence-corrected chi connectivity index (χ1v) is 8.15. The largest absolute Gasteiger partial charge is 0.478 e. The first-order chi connectivity index (χ1) is 9.65. The van der Waals surface area contributed by atoms with Crippen molar-refractivity contribution >= 4 is 16.0 Å². The Morgan fingerprint density at radius 1 is 1.29 bits per heavy atom. The zero-order valence-corrected chi connectivity index (χ0v) is 12.9. The van der Waals surface area contributed by atoms with Crippen molar-refractivity contribution in [1.82, 2.24) is 4.31 Å². The monoisotopic (exact) mass is 313 g/mol. The molecule has 2 N–H and O–H groups in total. The van der Waals surface area contributed by atoms with E-state index in [4.69, 9.17) is 5.11 Å². The van der Waals surface area contributed by atoms with Crippen molar-refractivity contribution in [2.24, 2.45) is 0 Å². The molecule has 1 aromatic carbocycles. The number of carbonyl (C=O) groups is 1. The predicted molar refractivity (Wildman–Crippen MR) is 76.8 cm³/mol. The maximum absolute atomic E-state index is 12.6. The summed E-state index contributed by atoms with van der Waals surface area (Å²) in [5.74, 6) is -1.15. The molecule has 116 valence electrons. The Bertz CT molecular complexity index is 656. The molecule has 0 atom stereocenters. The third-order valence-corrected chi connectivity index (χ3v) is 5.97. The van der Waals surface area contributed by atoms with E-state index in [-0.39, 0.29) is 29.1 Å². The Hall–Kier alpha value is -1.44. The van der Waals surface area contributed by atoms with E-state index in [1.54, 1.807) is 6.92 Å². The van der Waals surface area contributed by atoms with Crippen LogP contribution in [0, 0.1) is 6.92 Å². The standard InChI is InChI=1S/C14H19NO5S/c1-10-11(13(16)17)4-3-5-12(10)21(19,20)15-8-6-14(2,18)7-9-15/h3-5,18H,6-9H2,1-2H3,(H,16,17). The molecule has 21 heavy (non-hydrogen) atoms. The van der Waals surface area contributed by atoms with Crippen molar-refractivity contribution in [3.63, 3.8) is 0 Å². The van der Waals surface area contributed by atoms with Gasteiger partial charge in [-0.2, -0.15) is 4.31 Å². The summed E-state index contributed by atoms with van der Waals surface area (Å²) in [4.78, 5) is 11.1. The van der Waals surface area contributed by atoms with Crippen LogP contribution in [-0.4, -0.2) is 47.6 Å². The van der Waals surface area contributed by atoms with Crippen LogP contribution in [0.15, 0.2) is 23.1 Å². The highest BCUT2D eigenvalue weighted by Gasteiger charge is 2.35. The summed E-state index contributed by atoms with van der Waals surface area (Å²) in [5, 5.41) is 19.0. The number of hydrogen-bond donors (Lipinski definition) is 2. The van der Waals surface area contributed by atoms with E-state index in [1.165, 1.54) is 29.4 Å². The number of aromatic carboxylic acids is 1. The number of hydrogen-bond acceptors (Lipinski definition) is 4. The molecule has 0 spiro atoms. The smallest absolute Gasteiger partial charge is 0.335 e. The highest BCUT2D eigenvalue weighted by Crippen LogP contribution is 2.28. The average molecular weight is 313 g/mol. The molecule has 2 rings (SSSR count). The van der Waals surface area contributed by atoms with Crippen molar-refractivity contribution < 1.29 is 23.4 Å². The predicted octanol–water partition coefficient (Wildman–Crippen LogP) is 1.23. The van der Waals surface area contributed by atoms with E-state index in [9.17, 15) is 18.3 Å². The van der Waals surface area contributed by atoms with Gasteiger partial charge in [-0.15, -0.1) is 0 Å². The number of piperidine rings is 1. The molecule has 1 heterocycles. The number of sulfonamides is 1. The molecule has 1 aliphatic heterocycles. The molecule has 6 nitrogen and oxygen atoms in total. The minimum atomic E-state index is -3.74. The molecule has 0 saturated carbocycles. The summed E-state index contributed by atoms with van der Waals surface area (Å²) in [5.41, 5.74) is -0.619. The fourth-order valence-electron chi connectivity index (χ4n) is 2.47. The van der Waals surface area contributed by atoms with E-state index >= 15 is 0 Å². The van der Waals surface area contributed by atoms with Crippen LogP contribution in [-0.2, 0) is 10.0 Å². The fraction of sp³-hybridized carbons (Fsp3) is 0.500. The third-order valence-electron chi connectivity index (χ3n) is 3.93. The molecular weight excluding hydrogens is 294 g/mol. The van der Waals surface area contributed by atoms with Gasteiger partial charge in [0, 0.05) is 13.1 Å². The van der Waals surface area contributed by atoms with Crippen LogP contribution >= 0.6 is 0 Å². The van der Waals surface area contributed by atoms with Crippen molar-refractivity contribution in [1.29, 1.82) is 0 Å². The van der Waals surface area contributed by atoms with E-state index in [2.05, 4.69) is 0 Å². The number of aliphatic hydroxyl groups is 1. The molecule has 0 aliphatic carbocycles. The lowest BCUT2D eigenvalue weighted by atomic mass is 9.95. The molecule has 1 fully saturated rings. The maximum Gasteiger partial charge on any atom is 0.335 e. The summed E-state index contributed by atoms with van der Waals surface area (Å²) in [7, 11) is -3.74. The second-order valence-corrected chi connectivity index (χ2v) is 7.54. The summed E-state index contributed by atoms with van der Waals surface area (Å²) in [6, 6.07) is 4.24. The van der Waals surface area contributed by atoms with Gasteiger partial charge in [0.25, 0.3) is 0 Å². The van der Waals surface area contributed by atoms with E-state index in [0.717, 1.165) is 0 Å². The van der Waals surface area contributed by atoms with Crippen molar-refractivity contribution in [3.05, 3.63) is 29.3 Å². The Kier molecular flexibility index (Phi) is 4.10. The quantitative estimate of drug-likeness (QED) is 0.875. The number of carboxylic acids is 1. The third kappa shape index (κ3) is 3.09. The highest BCUT2D eigenvalue weighted by molar-refractivity contribution is 7.89. The number of nitrogens with zero attached hydrogens (tertiary/aromatic N) is 1. The lowest BCUT2D eigenvalue weighted by Gasteiger charge is -2.35. The molecule has 0 bridgehead atoms. The normalized spacial score (nSPS) is 19.4. The van der Waals surface area contributed by atoms with Gasteiger partial charge in [0.1, 0.15) is 0 Å². The molecule has 1 aliphatic rings. The van der Waals surface area contributed by atoms with E-state index < -0.39 is 21.6 Å². The minimum Gasteiger partial charge on any atom is -0.478 e. The Labute approximate surface area is 124 Å². The van der Waals surface area contributed by atoms with Gasteiger partial charge < -0.3 is 10.2 Å². The number of benzene rings is 1. The second kappa shape index (κ2) is 5.40. The maximum atomic E-state index is 12.6. The summed E-state index contributed by atoms with van der Waals surface area (Å²) in [6.45, 7) is 3.64. The Morgan fingerprint density at radius 2 is 1.86 bits per heavy atom. The molecule has 1 saturated heterocycles.